The molecule has 5 atom stereocenters. The van der Waals surface area contributed by atoms with E-state index in [1.165, 1.54) is 31.8 Å². The topological polar surface area (TPSA) is 124 Å². The molecule has 0 radical (unpaired) electrons. The van der Waals surface area contributed by atoms with Gasteiger partial charge in [-0.05, 0) is 91.2 Å². The maximum atomic E-state index is 13.0. The first-order valence-electron chi connectivity index (χ1n) is 18.6. The zero-order valence-corrected chi connectivity index (χ0v) is 31.4. The first-order chi connectivity index (χ1) is 25.2. The average Bonchev–Trinajstić information content (AvgIpc) is 3.14. The number of fused-ring (bicyclic) bond motifs is 2. The molecule has 11 nitrogen and oxygen atoms in total. The molecule has 2 bridgehead atoms. The van der Waals surface area contributed by atoms with Crippen molar-refractivity contribution in [1.29, 1.82) is 0 Å². The Bertz CT molecular complexity index is 1710. The van der Waals surface area contributed by atoms with Gasteiger partial charge in [-0.15, -0.1) is 0 Å². The van der Waals surface area contributed by atoms with Crippen molar-refractivity contribution in [3.8, 4) is 5.75 Å². The van der Waals surface area contributed by atoms with Crippen LogP contribution < -0.4 is 30.9 Å². The van der Waals surface area contributed by atoms with Crippen molar-refractivity contribution in [2.45, 2.75) is 52.5 Å². The van der Waals surface area contributed by atoms with Crippen LogP contribution in [-0.4, -0.2) is 73.1 Å². The van der Waals surface area contributed by atoms with Gasteiger partial charge in [0.2, 0.25) is 17.8 Å². The van der Waals surface area contributed by atoms with Crippen LogP contribution in [0.25, 0.3) is 0 Å². The summed E-state index contributed by atoms with van der Waals surface area (Å²) >= 11 is 6.43. The quantitative estimate of drug-likeness (QED) is 0.131. The summed E-state index contributed by atoms with van der Waals surface area (Å²) in [5, 5.41) is 12.9. The summed E-state index contributed by atoms with van der Waals surface area (Å²) in [6.07, 6.45) is 8.76. The highest BCUT2D eigenvalue weighted by Gasteiger charge is 2.40. The summed E-state index contributed by atoms with van der Waals surface area (Å²) in [6.45, 7) is 13.9. The van der Waals surface area contributed by atoms with Gasteiger partial charge < -0.3 is 30.9 Å². The van der Waals surface area contributed by atoms with Crippen molar-refractivity contribution in [2.24, 2.45) is 29.6 Å². The molecule has 3 aromatic rings. The van der Waals surface area contributed by atoms with Gasteiger partial charge in [-0.3, -0.25) is 14.5 Å². The van der Waals surface area contributed by atoms with E-state index < -0.39 is 0 Å². The minimum atomic E-state index is -0.269. The van der Waals surface area contributed by atoms with Gasteiger partial charge >= 0.3 is 0 Å². The molecule has 1 saturated heterocycles. The predicted octanol–water partition coefficient (Wildman–Crippen LogP) is 6.96. The SMILES string of the molecule is C=CC(=O)Nc1cccc(CNc2nc(Nc3ccc(N4CCN(CCNC(=O)CC5[C@H]6C[C@@H](C)C[C@H](C6)C[C@H]5C)CC4)cc3OC)ncc2Cl)c1. The standard InChI is InChI=1S/C40H53ClN8O3/c1-5-37(50)45-31-8-6-7-28(21-31)24-43-39-34(41)25-44-40(47-39)46-35-10-9-32(22-36(35)52-4)49-15-13-48(14-16-49)12-11-42-38(51)23-33-27(3)19-29-17-26(2)18-30(33)20-29/h5-10,21-22,25-27,29-30,33H,1,11-20,23-24H2,2-4H3,(H,42,51)(H,45,50)(H2,43,44,46,47)/t26-,27+,29-,30-,33?/m0/s1. The van der Waals surface area contributed by atoms with Crippen LogP contribution in [0.2, 0.25) is 5.02 Å². The molecule has 1 aliphatic heterocycles. The van der Waals surface area contributed by atoms with E-state index in [1.807, 2.05) is 36.4 Å². The fourth-order valence-corrected chi connectivity index (χ4v) is 8.69. The molecule has 2 heterocycles. The highest BCUT2D eigenvalue weighted by atomic mass is 35.5. The van der Waals surface area contributed by atoms with Crippen LogP contribution in [0.15, 0.2) is 61.3 Å². The second kappa shape index (κ2) is 17.4. The average molecular weight is 729 g/mol. The number of piperazine rings is 1. The Morgan fingerprint density at radius 3 is 2.67 bits per heavy atom. The number of aromatic nitrogens is 2. The van der Waals surface area contributed by atoms with E-state index in [9.17, 15) is 9.59 Å². The summed E-state index contributed by atoms with van der Waals surface area (Å²) < 4.78 is 5.77. The van der Waals surface area contributed by atoms with Crippen molar-refractivity contribution >= 4 is 52.2 Å². The molecule has 2 saturated carbocycles. The molecule has 12 heteroatoms. The fourth-order valence-electron chi connectivity index (χ4n) is 8.54. The van der Waals surface area contributed by atoms with E-state index >= 15 is 0 Å². The van der Waals surface area contributed by atoms with Crippen LogP contribution in [-0.2, 0) is 16.1 Å². The van der Waals surface area contributed by atoms with E-state index in [2.05, 4.69) is 67.5 Å². The lowest BCUT2D eigenvalue weighted by atomic mass is 9.59. The van der Waals surface area contributed by atoms with Gasteiger partial charge in [-0.1, -0.05) is 44.2 Å². The molecule has 3 fully saturated rings. The fraction of sp³-hybridized carbons (Fsp3) is 0.500. The number of hydrogen-bond donors (Lipinski definition) is 4. The molecule has 2 aliphatic carbocycles. The van der Waals surface area contributed by atoms with Crippen LogP contribution in [0, 0.1) is 29.6 Å². The van der Waals surface area contributed by atoms with E-state index in [0.717, 1.165) is 67.4 Å². The number of rotatable bonds is 14. The van der Waals surface area contributed by atoms with E-state index in [-0.39, 0.29) is 11.8 Å². The van der Waals surface area contributed by atoms with Crippen LogP contribution >= 0.6 is 11.6 Å². The normalized spacial score (nSPS) is 23.0. The summed E-state index contributed by atoms with van der Waals surface area (Å²) in [6, 6.07) is 13.6. The van der Waals surface area contributed by atoms with E-state index in [0.29, 0.717) is 59.6 Å². The summed E-state index contributed by atoms with van der Waals surface area (Å²) in [4.78, 5) is 38.4. The summed E-state index contributed by atoms with van der Waals surface area (Å²) in [7, 11) is 1.65. The maximum Gasteiger partial charge on any atom is 0.247 e. The number of amides is 2. The Morgan fingerprint density at radius 1 is 1.06 bits per heavy atom. The monoisotopic (exact) mass is 728 g/mol. The maximum absolute atomic E-state index is 13.0. The van der Waals surface area contributed by atoms with Gasteiger partial charge in [0.05, 0.1) is 19.0 Å². The molecule has 6 rings (SSSR count). The number of nitrogens with zero attached hydrogens (tertiary/aromatic N) is 4. The van der Waals surface area contributed by atoms with Crippen LogP contribution in [0.5, 0.6) is 5.75 Å². The summed E-state index contributed by atoms with van der Waals surface area (Å²) in [5.74, 6) is 5.08. The Balaban J connectivity index is 0.964. The molecule has 52 heavy (non-hydrogen) atoms. The first kappa shape index (κ1) is 37.4. The highest BCUT2D eigenvalue weighted by Crippen LogP contribution is 2.49. The molecule has 0 spiro atoms. The minimum Gasteiger partial charge on any atom is -0.494 e. The van der Waals surface area contributed by atoms with Crippen LogP contribution in [0.4, 0.5) is 28.8 Å². The smallest absolute Gasteiger partial charge is 0.247 e. The van der Waals surface area contributed by atoms with Crippen molar-refractivity contribution in [2.75, 3.05) is 67.2 Å². The highest BCUT2D eigenvalue weighted by molar-refractivity contribution is 6.32. The predicted molar refractivity (Wildman–Crippen MR) is 209 cm³/mol. The van der Waals surface area contributed by atoms with E-state index in [4.69, 9.17) is 16.3 Å². The van der Waals surface area contributed by atoms with Gasteiger partial charge in [-0.25, -0.2) is 4.98 Å². The van der Waals surface area contributed by atoms with Crippen LogP contribution in [0.1, 0.15) is 51.5 Å². The summed E-state index contributed by atoms with van der Waals surface area (Å²) in [5.41, 5.74) is 3.43. The molecule has 3 aliphatic rings. The lowest BCUT2D eigenvalue weighted by Crippen LogP contribution is -2.48. The van der Waals surface area contributed by atoms with Crippen LogP contribution in [0.3, 0.4) is 0 Å². The Hall–Kier alpha value is -4.35. The van der Waals surface area contributed by atoms with Crippen molar-refractivity contribution in [3.05, 3.63) is 71.9 Å². The molecular weight excluding hydrogens is 676 g/mol. The second-order valence-corrected chi connectivity index (χ2v) is 15.3. The van der Waals surface area contributed by atoms with E-state index in [1.54, 1.807) is 13.3 Å². The molecule has 1 aromatic heterocycles. The van der Waals surface area contributed by atoms with Gasteiger partial charge in [-0.2, -0.15) is 4.98 Å². The number of nitrogens with one attached hydrogen (secondary N) is 4. The third kappa shape index (κ3) is 9.74. The number of carbonyl (C=O) groups excluding carboxylic acids is 2. The number of ether oxygens (including phenoxy) is 1. The lowest BCUT2D eigenvalue weighted by Gasteiger charge is -2.46. The van der Waals surface area contributed by atoms with Crippen molar-refractivity contribution < 1.29 is 14.3 Å². The number of carbonyl (C=O) groups is 2. The largest absolute Gasteiger partial charge is 0.494 e. The number of benzene rings is 2. The third-order valence-corrected chi connectivity index (χ3v) is 11.3. The van der Waals surface area contributed by atoms with Crippen molar-refractivity contribution in [3.63, 3.8) is 0 Å². The second-order valence-electron chi connectivity index (χ2n) is 14.8. The van der Waals surface area contributed by atoms with Gasteiger partial charge in [0, 0.05) is 69.7 Å². The van der Waals surface area contributed by atoms with Crippen molar-refractivity contribution in [1.82, 2.24) is 20.2 Å². The zero-order valence-electron chi connectivity index (χ0n) is 30.7. The number of methoxy groups -OCH3 is 1. The first-order valence-corrected chi connectivity index (χ1v) is 19.0. The molecule has 4 N–H and O–H groups in total. The Labute approximate surface area is 312 Å². The molecule has 1 unspecified atom stereocenters. The Kier molecular flexibility index (Phi) is 12.5. The van der Waals surface area contributed by atoms with Gasteiger partial charge in [0.1, 0.15) is 10.8 Å². The molecule has 278 valence electrons. The minimum absolute atomic E-state index is 0.225. The third-order valence-electron chi connectivity index (χ3n) is 11.0. The number of anilines is 5. The van der Waals surface area contributed by atoms with Gasteiger partial charge in [0.25, 0.3) is 0 Å². The van der Waals surface area contributed by atoms with Gasteiger partial charge in [0.15, 0.2) is 5.82 Å². The molecular formula is C40H53ClN8O3. The zero-order chi connectivity index (χ0) is 36.6. The number of hydrogen-bond acceptors (Lipinski definition) is 9. The molecule has 2 amide bonds. The molecule has 2 aromatic carbocycles. The Morgan fingerprint density at radius 2 is 1.88 bits per heavy atom. The lowest BCUT2D eigenvalue weighted by molar-refractivity contribution is -0.124. The number of halogens is 1.